The van der Waals surface area contributed by atoms with Gasteiger partial charge in [0.05, 0.1) is 17.7 Å². The number of nitrogens with two attached hydrogens (primary N) is 1. The summed E-state index contributed by atoms with van der Waals surface area (Å²) < 4.78 is 40.4. The van der Waals surface area contributed by atoms with Crippen molar-refractivity contribution in [1.29, 1.82) is 5.26 Å². The molecule has 11 nitrogen and oxygen atoms in total. The fraction of sp³-hybridized carbons (Fsp3) is 0.296. The van der Waals surface area contributed by atoms with Crippen molar-refractivity contribution in [1.82, 2.24) is 9.80 Å². The van der Waals surface area contributed by atoms with E-state index in [9.17, 15) is 32.3 Å². The fourth-order valence-corrected chi connectivity index (χ4v) is 4.44. The Bertz CT molecular complexity index is 1380. The smallest absolute Gasteiger partial charge is 0.328 e. The first-order chi connectivity index (χ1) is 19.4. The van der Waals surface area contributed by atoms with E-state index < -0.39 is 35.4 Å². The number of fused-ring (bicyclic) bond motifs is 1. The molecule has 216 valence electrons. The van der Waals surface area contributed by atoms with Crippen molar-refractivity contribution in [2.75, 3.05) is 31.1 Å². The molecule has 4 rings (SSSR count). The minimum atomic E-state index is -1.28. The molecule has 2 atom stereocenters. The summed E-state index contributed by atoms with van der Waals surface area (Å²) in [6, 6.07) is 8.88. The quantitative estimate of drug-likeness (QED) is 0.334. The van der Waals surface area contributed by atoms with E-state index >= 15 is 0 Å². The second-order valence-electron chi connectivity index (χ2n) is 9.27. The molecule has 0 bridgehead atoms. The molecule has 3 amide bonds. The standard InChI is InChI=1S/C23H22F3N5O2.C4H4O4/c24-19-10-21(26)20(25)8-15(19)7-16(28)9-22(32)29-5-6-30-18(12-29)13-31(23(30)33)17-3-1-14(11-27)2-4-17;5-3(6)1-2-4(7)8/h1-4,8,10,16,18H,5-7,9,12-13,28H2;1-2H,(H,5,6)(H,7,8)/b;2-1+/t16-,18?;/m1./s1. The first-order valence-electron chi connectivity index (χ1n) is 12.3. The van der Waals surface area contributed by atoms with Crippen molar-refractivity contribution < 1.29 is 42.6 Å². The maximum absolute atomic E-state index is 13.9. The van der Waals surface area contributed by atoms with Crippen LogP contribution in [0.2, 0.25) is 0 Å². The second kappa shape index (κ2) is 13.4. The van der Waals surface area contributed by atoms with Crippen LogP contribution in [0, 0.1) is 28.8 Å². The molecule has 2 aromatic rings. The summed E-state index contributed by atoms with van der Waals surface area (Å²) in [6.45, 7) is 1.45. The third kappa shape index (κ3) is 8.05. The van der Waals surface area contributed by atoms with Crippen LogP contribution < -0.4 is 10.6 Å². The molecule has 41 heavy (non-hydrogen) atoms. The number of carboxylic acids is 2. The maximum Gasteiger partial charge on any atom is 0.328 e. The number of urea groups is 1. The van der Waals surface area contributed by atoms with Gasteiger partial charge in [0.25, 0.3) is 0 Å². The molecule has 2 aromatic carbocycles. The number of nitriles is 1. The fourth-order valence-electron chi connectivity index (χ4n) is 4.44. The van der Waals surface area contributed by atoms with Crippen molar-refractivity contribution in [3.8, 4) is 6.07 Å². The van der Waals surface area contributed by atoms with E-state index in [-0.39, 0.29) is 36.4 Å². The lowest BCUT2D eigenvalue weighted by Crippen LogP contribution is -2.54. The minimum Gasteiger partial charge on any atom is -0.478 e. The van der Waals surface area contributed by atoms with E-state index in [0.717, 1.165) is 6.07 Å². The van der Waals surface area contributed by atoms with E-state index in [1.165, 1.54) is 0 Å². The number of carbonyl (C=O) groups is 4. The number of aliphatic carboxylic acids is 2. The van der Waals surface area contributed by atoms with Gasteiger partial charge in [-0.05, 0) is 42.3 Å². The van der Waals surface area contributed by atoms with Crippen molar-refractivity contribution in [3.63, 3.8) is 0 Å². The van der Waals surface area contributed by atoms with Gasteiger partial charge in [-0.2, -0.15) is 5.26 Å². The number of hydrogen-bond acceptors (Lipinski definition) is 6. The van der Waals surface area contributed by atoms with E-state index in [4.69, 9.17) is 21.2 Å². The number of benzene rings is 2. The van der Waals surface area contributed by atoms with Crippen LogP contribution in [0.25, 0.3) is 0 Å². The minimum absolute atomic E-state index is 0.0848. The highest BCUT2D eigenvalue weighted by Gasteiger charge is 2.42. The number of carboxylic acid groups (broad SMARTS) is 2. The summed E-state index contributed by atoms with van der Waals surface area (Å²) >= 11 is 0. The van der Waals surface area contributed by atoms with Crippen LogP contribution in [0.4, 0.5) is 23.7 Å². The van der Waals surface area contributed by atoms with E-state index in [1.54, 1.807) is 39.0 Å². The van der Waals surface area contributed by atoms with Crippen LogP contribution >= 0.6 is 0 Å². The largest absolute Gasteiger partial charge is 0.478 e. The number of piperazine rings is 1. The lowest BCUT2D eigenvalue weighted by Gasteiger charge is -2.36. The molecule has 0 aliphatic carbocycles. The zero-order chi connectivity index (χ0) is 30.3. The molecule has 2 fully saturated rings. The number of amides is 3. The lowest BCUT2D eigenvalue weighted by atomic mass is 10.0. The molecule has 0 spiro atoms. The van der Waals surface area contributed by atoms with Gasteiger partial charge in [0, 0.05) is 62.5 Å². The number of anilines is 1. The second-order valence-corrected chi connectivity index (χ2v) is 9.27. The van der Waals surface area contributed by atoms with Crippen LogP contribution in [-0.2, 0) is 20.8 Å². The summed E-state index contributed by atoms with van der Waals surface area (Å²) in [5.41, 5.74) is 7.09. The molecular formula is C27H26F3N5O6. The van der Waals surface area contributed by atoms with Crippen LogP contribution in [0.3, 0.4) is 0 Å². The van der Waals surface area contributed by atoms with Crippen LogP contribution in [-0.4, -0.2) is 82.2 Å². The van der Waals surface area contributed by atoms with Gasteiger partial charge in [-0.15, -0.1) is 0 Å². The van der Waals surface area contributed by atoms with Gasteiger partial charge >= 0.3 is 18.0 Å². The van der Waals surface area contributed by atoms with Crippen molar-refractivity contribution in [2.45, 2.75) is 24.9 Å². The average Bonchev–Trinajstić information content (AvgIpc) is 3.26. The molecule has 0 saturated carbocycles. The SMILES string of the molecule is N#Cc1ccc(N2CC3CN(C(=O)C[C@H](N)Cc4cc(F)c(F)cc4F)CCN3C2=O)cc1.O=C(O)/C=C/C(=O)O. The van der Waals surface area contributed by atoms with Gasteiger partial charge in [0.2, 0.25) is 5.91 Å². The monoisotopic (exact) mass is 573 g/mol. The molecule has 1 unspecified atom stereocenters. The number of hydrogen-bond donors (Lipinski definition) is 3. The molecule has 2 heterocycles. The molecular weight excluding hydrogens is 547 g/mol. The molecule has 0 radical (unpaired) electrons. The Balaban J connectivity index is 0.000000507. The Hall–Kier alpha value is -4.90. The highest BCUT2D eigenvalue weighted by Crippen LogP contribution is 2.27. The Morgan fingerprint density at radius 3 is 2.20 bits per heavy atom. The third-order valence-electron chi connectivity index (χ3n) is 6.39. The number of carbonyl (C=O) groups excluding carboxylic acids is 2. The Kier molecular flexibility index (Phi) is 10.0. The highest BCUT2D eigenvalue weighted by atomic mass is 19.2. The molecule has 2 aliphatic rings. The van der Waals surface area contributed by atoms with Gasteiger partial charge in [0.15, 0.2) is 11.6 Å². The Morgan fingerprint density at radius 2 is 1.61 bits per heavy atom. The van der Waals surface area contributed by atoms with Gasteiger partial charge < -0.3 is 25.7 Å². The summed E-state index contributed by atoms with van der Waals surface area (Å²) in [6.07, 6.45) is 0.923. The number of halogens is 3. The van der Waals surface area contributed by atoms with Crippen LogP contribution in [0.5, 0.6) is 0 Å². The van der Waals surface area contributed by atoms with Crippen LogP contribution in [0.1, 0.15) is 17.5 Å². The average molecular weight is 574 g/mol. The van der Waals surface area contributed by atoms with Crippen molar-refractivity contribution in [3.05, 3.63) is 77.1 Å². The van der Waals surface area contributed by atoms with E-state index in [1.807, 2.05) is 6.07 Å². The lowest BCUT2D eigenvalue weighted by molar-refractivity contribution is -0.134. The first-order valence-corrected chi connectivity index (χ1v) is 12.3. The first kappa shape index (κ1) is 30.6. The molecule has 0 aromatic heterocycles. The predicted molar refractivity (Wildman–Crippen MR) is 138 cm³/mol. The van der Waals surface area contributed by atoms with Gasteiger partial charge in [-0.3, -0.25) is 9.69 Å². The summed E-state index contributed by atoms with van der Waals surface area (Å²) in [4.78, 5) is 49.6. The van der Waals surface area contributed by atoms with Gasteiger partial charge in [0.1, 0.15) is 5.82 Å². The van der Waals surface area contributed by atoms with E-state index in [2.05, 4.69) is 0 Å². The van der Waals surface area contributed by atoms with Gasteiger partial charge in [-0.1, -0.05) is 0 Å². The predicted octanol–water partition coefficient (Wildman–Crippen LogP) is 2.10. The van der Waals surface area contributed by atoms with Gasteiger partial charge in [-0.25, -0.2) is 27.6 Å². The van der Waals surface area contributed by atoms with Crippen LogP contribution in [0.15, 0.2) is 48.6 Å². The highest BCUT2D eigenvalue weighted by molar-refractivity contribution is 5.95. The third-order valence-corrected chi connectivity index (χ3v) is 6.39. The Labute approximate surface area is 232 Å². The molecule has 2 aliphatic heterocycles. The summed E-state index contributed by atoms with van der Waals surface area (Å²) in [5, 5.41) is 24.6. The zero-order valence-corrected chi connectivity index (χ0v) is 21.5. The summed E-state index contributed by atoms with van der Waals surface area (Å²) in [7, 11) is 0. The van der Waals surface area contributed by atoms with Crippen molar-refractivity contribution >= 4 is 29.6 Å². The summed E-state index contributed by atoms with van der Waals surface area (Å²) in [5.74, 6) is -6.11. The molecule has 14 heteroatoms. The van der Waals surface area contributed by atoms with E-state index in [0.29, 0.717) is 55.6 Å². The van der Waals surface area contributed by atoms with Crippen molar-refractivity contribution in [2.24, 2.45) is 5.73 Å². The topological polar surface area (TPSA) is 168 Å². The maximum atomic E-state index is 13.9. The number of nitrogens with zero attached hydrogens (tertiary/aromatic N) is 4. The number of rotatable bonds is 7. The normalized spacial score (nSPS) is 17.0. The zero-order valence-electron chi connectivity index (χ0n) is 21.5. The molecule has 2 saturated heterocycles. The Morgan fingerprint density at radius 1 is 1.00 bits per heavy atom. The molecule has 4 N–H and O–H groups in total.